The number of amides is 1. The number of carboxylic acids is 1. The molecule has 0 saturated heterocycles. The van der Waals surface area contributed by atoms with Gasteiger partial charge in [0.05, 0.1) is 14.2 Å². The molecule has 2 rings (SSSR count). The standard InChI is InChI=1S/C15H18BrNO5/c1-21-11-6-9(7-12(22-2)13(11)16)14(18)17-10(15(19)20)5-8-3-4-8/h6-8,10H,3-5H2,1-2H3,(H,17,18)(H,19,20). The molecule has 1 aromatic carbocycles. The molecule has 1 saturated carbocycles. The molecule has 1 amide bonds. The fraction of sp³-hybridized carbons (Fsp3) is 0.467. The van der Waals surface area contributed by atoms with E-state index in [0.29, 0.717) is 33.9 Å². The van der Waals surface area contributed by atoms with Crippen LogP contribution in [0.25, 0.3) is 0 Å². The van der Waals surface area contributed by atoms with Crippen LogP contribution in [0.3, 0.4) is 0 Å². The summed E-state index contributed by atoms with van der Waals surface area (Å²) in [4.78, 5) is 23.6. The van der Waals surface area contributed by atoms with E-state index in [9.17, 15) is 14.7 Å². The Morgan fingerprint density at radius 3 is 2.27 bits per heavy atom. The minimum absolute atomic E-state index is 0.291. The molecule has 120 valence electrons. The number of aliphatic carboxylic acids is 1. The number of methoxy groups -OCH3 is 2. The Morgan fingerprint density at radius 2 is 1.86 bits per heavy atom. The zero-order chi connectivity index (χ0) is 16.3. The van der Waals surface area contributed by atoms with Gasteiger partial charge in [0, 0.05) is 5.56 Å². The van der Waals surface area contributed by atoms with Gasteiger partial charge in [-0.1, -0.05) is 12.8 Å². The van der Waals surface area contributed by atoms with Crippen LogP contribution in [0.5, 0.6) is 11.5 Å². The van der Waals surface area contributed by atoms with Crippen molar-refractivity contribution < 1.29 is 24.2 Å². The second-order valence-electron chi connectivity index (χ2n) is 5.24. The van der Waals surface area contributed by atoms with E-state index in [-0.39, 0.29) is 0 Å². The van der Waals surface area contributed by atoms with Crippen LogP contribution in [-0.4, -0.2) is 37.2 Å². The van der Waals surface area contributed by atoms with E-state index in [2.05, 4.69) is 21.2 Å². The summed E-state index contributed by atoms with van der Waals surface area (Å²) in [5.74, 6) is -0.194. The Kier molecular flexibility index (Phi) is 5.28. The van der Waals surface area contributed by atoms with E-state index >= 15 is 0 Å². The Hall–Kier alpha value is -1.76. The van der Waals surface area contributed by atoms with Gasteiger partial charge in [-0.15, -0.1) is 0 Å². The van der Waals surface area contributed by atoms with Gasteiger partial charge >= 0.3 is 5.97 Å². The number of rotatable bonds is 7. The number of carboxylic acid groups (broad SMARTS) is 1. The fourth-order valence-electron chi connectivity index (χ4n) is 2.15. The molecule has 0 aliphatic heterocycles. The van der Waals surface area contributed by atoms with Crippen molar-refractivity contribution in [3.8, 4) is 11.5 Å². The Balaban J connectivity index is 2.18. The van der Waals surface area contributed by atoms with E-state index in [0.717, 1.165) is 12.8 Å². The Morgan fingerprint density at radius 1 is 1.32 bits per heavy atom. The molecule has 0 bridgehead atoms. The van der Waals surface area contributed by atoms with Gasteiger partial charge in [-0.25, -0.2) is 4.79 Å². The van der Waals surface area contributed by atoms with Crippen LogP contribution in [0.2, 0.25) is 0 Å². The van der Waals surface area contributed by atoms with Crippen molar-refractivity contribution in [3.05, 3.63) is 22.2 Å². The monoisotopic (exact) mass is 371 g/mol. The summed E-state index contributed by atoms with van der Waals surface area (Å²) < 4.78 is 11.0. The lowest BCUT2D eigenvalue weighted by Crippen LogP contribution is -2.41. The number of carbonyl (C=O) groups is 2. The molecule has 1 aliphatic carbocycles. The molecule has 7 heteroatoms. The zero-order valence-electron chi connectivity index (χ0n) is 12.4. The Bertz CT molecular complexity index is 560. The van der Waals surface area contributed by atoms with Gasteiger partial charge in [-0.2, -0.15) is 0 Å². The van der Waals surface area contributed by atoms with Gasteiger partial charge in [-0.3, -0.25) is 4.79 Å². The third-order valence-corrected chi connectivity index (χ3v) is 4.36. The third-order valence-electron chi connectivity index (χ3n) is 3.58. The summed E-state index contributed by atoms with van der Waals surface area (Å²) in [6, 6.07) is 2.20. The van der Waals surface area contributed by atoms with Gasteiger partial charge in [0.25, 0.3) is 5.91 Å². The zero-order valence-corrected chi connectivity index (χ0v) is 14.0. The SMILES string of the molecule is COc1cc(C(=O)NC(CC2CC2)C(=O)O)cc(OC)c1Br. The van der Waals surface area contributed by atoms with Gasteiger partial charge in [0.15, 0.2) is 0 Å². The molecule has 0 heterocycles. The topological polar surface area (TPSA) is 84.9 Å². The maximum Gasteiger partial charge on any atom is 0.326 e. The summed E-state index contributed by atoms with van der Waals surface area (Å²) in [6.07, 6.45) is 2.52. The van der Waals surface area contributed by atoms with Crippen LogP contribution in [0.4, 0.5) is 0 Å². The largest absolute Gasteiger partial charge is 0.495 e. The lowest BCUT2D eigenvalue weighted by molar-refractivity contribution is -0.139. The van der Waals surface area contributed by atoms with Crippen LogP contribution < -0.4 is 14.8 Å². The summed E-state index contributed by atoms with van der Waals surface area (Å²) in [6.45, 7) is 0. The molecule has 6 nitrogen and oxygen atoms in total. The summed E-state index contributed by atoms with van der Waals surface area (Å²) in [7, 11) is 2.96. The first-order valence-corrected chi connectivity index (χ1v) is 7.70. The molecule has 22 heavy (non-hydrogen) atoms. The third kappa shape index (κ3) is 3.91. The second kappa shape index (κ2) is 7.00. The van der Waals surface area contributed by atoms with Crippen molar-refractivity contribution >= 4 is 27.8 Å². The van der Waals surface area contributed by atoms with Crippen molar-refractivity contribution in [2.75, 3.05) is 14.2 Å². The predicted molar refractivity (Wildman–Crippen MR) is 83.5 cm³/mol. The number of benzene rings is 1. The number of ether oxygens (including phenoxy) is 2. The molecule has 0 radical (unpaired) electrons. The second-order valence-corrected chi connectivity index (χ2v) is 6.03. The lowest BCUT2D eigenvalue weighted by atomic mass is 10.1. The first kappa shape index (κ1) is 16.6. The van der Waals surface area contributed by atoms with Crippen molar-refractivity contribution in [2.45, 2.75) is 25.3 Å². The summed E-state index contributed by atoms with van der Waals surface area (Å²) in [5.41, 5.74) is 0.291. The molecule has 1 fully saturated rings. The van der Waals surface area contributed by atoms with Crippen molar-refractivity contribution in [2.24, 2.45) is 5.92 Å². The van der Waals surface area contributed by atoms with E-state index in [1.807, 2.05) is 0 Å². The first-order valence-electron chi connectivity index (χ1n) is 6.91. The van der Waals surface area contributed by atoms with Crippen molar-refractivity contribution in [1.29, 1.82) is 0 Å². The highest BCUT2D eigenvalue weighted by molar-refractivity contribution is 9.10. The number of hydrogen-bond acceptors (Lipinski definition) is 4. The lowest BCUT2D eigenvalue weighted by Gasteiger charge is -2.16. The molecule has 1 unspecified atom stereocenters. The molecule has 0 aromatic heterocycles. The average molecular weight is 372 g/mol. The van der Waals surface area contributed by atoms with E-state index < -0.39 is 17.9 Å². The minimum Gasteiger partial charge on any atom is -0.495 e. The van der Waals surface area contributed by atoms with E-state index in [4.69, 9.17) is 9.47 Å². The van der Waals surface area contributed by atoms with Crippen LogP contribution in [-0.2, 0) is 4.79 Å². The molecule has 1 aromatic rings. The highest BCUT2D eigenvalue weighted by Crippen LogP contribution is 2.36. The quantitative estimate of drug-likeness (QED) is 0.768. The summed E-state index contributed by atoms with van der Waals surface area (Å²) in [5, 5.41) is 11.8. The molecule has 0 spiro atoms. The van der Waals surface area contributed by atoms with Crippen molar-refractivity contribution in [3.63, 3.8) is 0 Å². The predicted octanol–water partition coefficient (Wildman–Crippen LogP) is 2.45. The normalized spacial score (nSPS) is 15.0. The maximum absolute atomic E-state index is 12.3. The van der Waals surface area contributed by atoms with Crippen LogP contribution in [0, 0.1) is 5.92 Å². The van der Waals surface area contributed by atoms with E-state index in [1.54, 1.807) is 0 Å². The molecule has 1 atom stereocenters. The van der Waals surface area contributed by atoms with Gasteiger partial charge in [0.1, 0.15) is 22.0 Å². The first-order chi connectivity index (χ1) is 10.5. The van der Waals surface area contributed by atoms with Crippen LogP contribution >= 0.6 is 15.9 Å². The molecule has 2 N–H and O–H groups in total. The number of nitrogens with one attached hydrogen (secondary N) is 1. The highest BCUT2D eigenvalue weighted by Gasteiger charge is 2.30. The highest BCUT2D eigenvalue weighted by atomic mass is 79.9. The van der Waals surface area contributed by atoms with Gasteiger partial charge in [-0.05, 0) is 40.4 Å². The smallest absolute Gasteiger partial charge is 0.326 e. The number of hydrogen-bond donors (Lipinski definition) is 2. The van der Waals surface area contributed by atoms with Crippen LogP contribution in [0.1, 0.15) is 29.6 Å². The average Bonchev–Trinajstić information content (AvgIpc) is 3.30. The van der Waals surface area contributed by atoms with Crippen LogP contribution in [0.15, 0.2) is 16.6 Å². The molecular weight excluding hydrogens is 354 g/mol. The minimum atomic E-state index is -1.02. The van der Waals surface area contributed by atoms with Crippen molar-refractivity contribution in [1.82, 2.24) is 5.32 Å². The maximum atomic E-state index is 12.3. The molecule has 1 aliphatic rings. The molecular formula is C15H18BrNO5. The Labute approximate surface area is 136 Å². The van der Waals surface area contributed by atoms with Gasteiger partial charge in [0.2, 0.25) is 0 Å². The fourth-order valence-corrected chi connectivity index (χ4v) is 2.70. The summed E-state index contributed by atoms with van der Waals surface area (Å²) >= 11 is 3.32. The van der Waals surface area contributed by atoms with E-state index in [1.165, 1.54) is 26.4 Å². The van der Waals surface area contributed by atoms with Gasteiger partial charge < -0.3 is 19.9 Å². The number of halogens is 1. The number of carbonyl (C=O) groups excluding carboxylic acids is 1.